The molecule has 1 aromatic rings. The van der Waals surface area contributed by atoms with Crippen LogP contribution in [-0.4, -0.2) is 63.7 Å². The van der Waals surface area contributed by atoms with Gasteiger partial charge < -0.3 is 31.3 Å². The summed E-state index contributed by atoms with van der Waals surface area (Å²) in [4.78, 5) is 11.1. The van der Waals surface area contributed by atoms with E-state index in [9.17, 15) is 9.65 Å². The molecular formula is C20H28FN7O2. The molecule has 10 heteroatoms. The van der Waals surface area contributed by atoms with Gasteiger partial charge in [0.25, 0.3) is 0 Å². The monoisotopic (exact) mass is 417 g/mol. The van der Waals surface area contributed by atoms with Gasteiger partial charge in [-0.15, -0.1) is 0 Å². The number of nitrogens with two attached hydrogens (primary N) is 2. The fourth-order valence-electron chi connectivity index (χ4n) is 3.53. The lowest BCUT2D eigenvalue weighted by Crippen LogP contribution is -2.38. The standard InChI is InChI=1S/C19H25N7O2.CH3F/c20-4-1-16(23)24-18-14(12-21)15(19(13-22)2-7-27-8-3-19)11-17(25-18)26-5-9-28-10-6-26;1-2/h1,4,11-12,21H,2-3,5-10,20H2,(H2,23,24,25);1H3/b4-1-,21-12?;. The van der Waals surface area contributed by atoms with Gasteiger partial charge in [0, 0.05) is 38.1 Å². The molecule has 0 unspecified atom stereocenters. The Morgan fingerprint density at radius 3 is 2.50 bits per heavy atom. The number of nitrogens with zero attached hydrogens (tertiary/aromatic N) is 4. The Morgan fingerprint density at radius 2 is 1.93 bits per heavy atom. The van der Waals surface area contributed by atoms with Crippen molar-refractivity contribution >= 4 is 23.7 Å². The average Bonchev–Trinajstić information content (AvgIpc) is 2.81. The predicted molar refractivity (Wildman–Crippen MR) is 114 cm³/mol. The highest BCUT2D eigenvalue weighted by atomic mass is 19.1. The quantitative estimate of drug-likeness (QED) is 0.486. The molecule has 0 radical (unpaired) electrons. The Balaban J connectivity index is 0.00000155. The van der Waals surface area contributed by atoms with Gasteiger partial charge in [-0.3, -0.25) is 4.39 Å². The molecule has 0 bridgehead atoms. The van der Waals surface area contributed by atoms with Crippen LogP contribution in [0.1, 0.15) is 24.0 Å². The second kappa shape index (κ2) is 11.2. The zero-order valence-corrected chi connectivity index (χ0v) is 17.1. The SMILES string of the molecule is CF.N#CC1(c2cc(N3CCOCC3)nc(/N=C(N)\C=C/N)c2C=N)CCOCC1. The highest BCUT2D eigenvalue weighted by Crippen LogP contribution is 2.40. The summed E-state index contributed by atoms with van der Waals surface area (Å²) in [7, 11) is 0.500. The normalized spacial score (nSPS) is 19.0. The van der Waals surface area contributed by atoms with E-state index in [1.807, 2.05) is 6.07 Å². The van der Waals surface area contributed by atoms with Crippen molar-refractivity contribution in [1.29, 1.82) is 10.7 Å². The lowest BCUT2D eigenvalue weighted by Gasteiger charge is -2.34. The van der Waals surface area contributed by atoms with Crippen LogP contribution in [0.15, 0.2) is 23.3 Å². The van der Waals surface area contributed by atoms with E-state index in [2.05, 4.69) is 20.9 Å². The molecule has 0 spiro atoms. The summed E-state index contributed by atoms with van der Waals surface area (Å²) in [5.41, 5.74) is 11.8. The fraction of sp³-hybridized carbons (Fsp3) is 0.500. The second-order valence-corrected chi connectivity index (χ2v) is 6.71. The van der Waals surface area contributed by atoms with E-state index in [-0.39, 0.29) is 5.84 Å². The molecule has 162 valence electrons. The van der Waals surface area contributed by atoms with Crippen molar-refractivity contribution in [2.75, 3.05) is 51.6 Å². The molecule has 9 nitrogen and oxygen atoms in total. The Morgan fingerprint density at radius 1 is 1.30 bits per heavy atom. The molecule has 0 aromatic carbocycles. The van der Waals surface area contributed by atoms with E-state index in [1.165, 1.54) is 18.5 Å². The van der Waals surface area contributed by atoms with Crippen molar-refractivity contribution in [2.24, 2.45) is 16.5 Å². The van der Waals surface area contributed by atoms with Crippen LogP contribution in [0.5, 0.6) is 0 Å². The number of ether oxygens (including phenoxy) is 2. The van der Waals surface area contributed by atoms with Crippen molar-refractivity contribution in [1.82, 2.24) is 4.98 Å². The van der Waals surface area contributed by atoms with Crippen molar-refractivity contribution in [3.63, 3.8) is 0 Å². The smallest absolute Gasteiger partial charge is 0.165 e. The van der Waals surface area contributed by atoms with Crippen LogP contribution >= 0.6 is 0 Å². The van der Waals surface area contributed by atoms with E-state index in [1.54, 1.807) is 0 Å². The Labute approximate surface area is 175 Å². The molecule has 0 aliphatic carbocycles. The maximum Gasteiger partial charge on any atom is 0.165 e. The molecule has 1 aromatic heterocycles. The van der Waals surface area contributed by atoms with Gasteiger partial charge in [0.15, 0.2) is 5.82 Å². The molecule has 3 rings (SSSR count). The second-order valence-electron chi connectivity index (χ2n) is 6.71. The zero-order valence-electron chi connectivity index (χ0n) is 17.1. The number of hydrogen-bond acceptors (Lipinski definition) is 8. The number of aromatic nitrogens is 1. The summed E-state index contributed by atoms with van der Waals surface area (Å²) in [5, 5.41) is 18.0. The molecule has 0 atom stereocenters. The lowest BCUT2D eigenvalue weighted by atomic mass is 9.74. The number of alkyl halides is 1. The molecule has 0 saturated carbocycles. The summed E-state index contributed by atoms with van der Waals surface area (Å²) in [6, 6.07) is 4.39. The first kappa shape index (κ1) is 23.3. The molecule has 5 N–H and O–H groups in total. The van der Waals surface area contributed by atoms with E-state index < -0.39 is 5.41 Å². The molecule has 2 aliphatic rings. The number of hydrogen-bond donors (Lipinski definition) is 3. The summed E-state index contributed by atoms with van der Waals surface area (Å²) in [5.74, 6) is 1.19. The van der Waals surface area contributed by atoms with Gasteiger partial charge in [0.1, 0.15) is 11.7 Å². The minimum Gasteiger partial charge on any atom is -0.404 e. The van der Waals surface area contributed by atoms with E-state index in [4.69, 9.17) is 26.4 Å². The number of aliphatic imine (C=N–C) groups is 1. The topological polar surface area (TPSA) is 147 Å². The third kappa shape index (κ3) is 5.11. The summed E-state index contributed by atoms with van der Waals surface area (Å²) in [6.07, 6.45) is 5.06. The first-order chi connectivity index (χ1) is 14.6. The van der Waals surface area contributed by atoms with Crippen LogP contribution in [0.25, 0.3) is 0 Å². The van der Waals surface area contributed by atoms with Crippen molar-refractivity contribution in [2.45, 2.75) is 18.3 Å². The molecule has 0 amide bonds. The van der Waals surface area contributed by atoms with Crippen LogP contribution in [0, 0.1) is 16.7 Å². The van der Waals surface area contributed by atoms with Crippen LogP contribution in [0.3, 0.4) is 0 Å². The van der Waals surface area contributed by atoms with Gasteiger partial charge in [0.2, 0.25) is 0 Å². The Kier molecular flexibility index (Phi) is 8.70. The van der Waals surface area contributed by atoms with Crippen molar-refractivity contribution in [3.8, 4) is 6.07 Å². The highest BCUT2D eigenvalue weighted by molar-refractivity contribution is 5.96. The maximum absolute atomic E-state index is 10.1. The summed E-state index contributed by atoms with van der Waals surface area (Å²) < 4.78 is 20.4. The number of nitrogens with one attached hydrogen (secondary N) is 1. The van der Waals surface area contributed by atoms with Crippen molar-refractivity contribution < 1.29 is 13.9 Å². The minimum atomic E-state index is -0.752. The molecule has 30 heavy (non-hydrogen) atoms. The van der Waals surface area contributed by atoms with Crippen LogP contribution in [-0.2, 0) is 14.9 Å². The fourth-order valence-corrected chi connectivity index (χ4v) is 3.53. The van der Waals surface area contributed by atoms with Crippen LogP contribution < -0.4 is 16.4 Å². The van der Waals surface area contributed by atoms with E-state index >= 15 is 0 Å². The van der Waals surface area contributed by atoms with Gasteiger partial charge in [-0.25, -0.2) is 9.98 Å². The third-order valence-electron chi connectivity index (χ3n) is 5.08. The van der Waals surface area contributed by atoms with Crippen LogP contribution in [0.2, 0.25) is 0 Å². The van der Waals surface area contributed by atoms with Gasteiger partial charge in [0.05, 0.1) is 31.9 Å². The number of anilines is 1. The number of pyridine rings is 1. The van der Waals surface area contributed by atoms with Crippen LogP contribution in [0.4, 0.5) is 16.0 Å². The van der Waals surface area contributed by atoms with Gasteiger partial charge in [-0.2, -0.15) is 5.26 Å². The Hall–Kier alpha value is -3.03. The van der Waals surface area contributed by atoms with Gasteiger partial charge in [-0.05, 0) is 36.7 Å². The van der Waals surface area contributed by atoms with E-state index in [0.29, 0.717) is 76.7 Å². The molecular weight excluding hydrogens is 389 g/mol. The Bertz CT molecular complexity index is 823. The summed E-state index contributed by atoms with van der Waals surface area (Å²) in [6.45, 7) is 3.60. The largest absolute Gasteiger partial charge is 0.404 e. The average molecular weight is 417 g/mol. The molecule has 2 saturated heterocycles. The first-order valence-corrected chi connectivity index (χ1v) is 9.61. The zero-order chi connectivity index (χ0) is 22.0. The van der Waals surface area contributed by atoms with Gasteiger partial charge >= 0.3 is 0 Å². The number of morpholine rings is 1. The number of rotatable bonds is 5. The van der Waals surface area contributed by atoms with Gasteiger partial charge in [-0.1, -0.05) is 0 Å². The molecule has 3 heterocycles. The van der Waals surface area contributed by atoms with E-state index in [0.717, 1.165) is 5.56 Å². The minimum absolute atomic E-state index is 0.182. The molecule has 2 fully saturated rings. The highest BCUT2D eigenvalue weighted by Gasteiger charge is 2.38. The lowest BCUT2D eigenvalue weighted by molar-refractivity contribution is 0.0675. The first-order valence-electron chi connectivity index (χ1n) is 9.61. The summed E-state index contributed by atoms with van der Waals surface area (Å²) >= 11 is 0. The number of nitriles is 1. The number of amidine groups is 1. The number of halogens is 1. The predicted octanol–water partition coefficient (Wildman–Crippen LogP) is 1.53. The third-order valence-corrected chi connectivity index (χ3v) is 5.08. The maximum atomic E-state index is 10.1. The molecule has 2 aliphatic heterocycles. The van der Waals surface area contributed by atoms with Crippen molar-refractivity contribution in [3.05, 3.63) is 29.5 Å².